The van der Waals surface area contributed by atoms with Gasteiger partial charge in [0.25, 0.3) is 0 Å². The van der Waals surface area contributed by atoms with Crippen molar-refractivity contribution in [3.8, 4) is 22.4 Å². The van der Waals surface area contributed by atoms with Crippen molar-refractivity contribution in [2.24, 2.45) is 7.05 Å². The van der Waals surface area contributed by atoms with Crippen LogP contribution in [0.5, 0.6) is 0 Å². The molecule has 8 nitrogen and oxygen atoms in total. The second kappa shape index (κ2) is 7.67. The number of rotatable bonds is 4. The van der Waals surface area contributed by atoms with E-state index in [2.05, 4.69) is 15.4 Å². The van der Waals surface area contributed by atoms with Gasteiger partial charge in [-0.05, 0) is 29.8 Å². The molecule has 0 spiro atoms. The second-order valence-electron chi connectivity index (χ2n) is 6.86. The highest BCUT2D eigenvalue weighted by Crippen LogP contribution is 2.29. The predicted molar refractivity (Wildman–Crippen MR) is 110 cm³/mol. The Hall–Kier alpha value is -4.02. The van der Waals surface area contributed by atoms with Crippen molar-refractivity contribution in [3.63, 3.8) is 0 Å². The maximum atomic E-state index is 12.2. The average molecular weight is 429 g/mol. The first kappa shape index (κ1) is 20.3. The SMILES string of the molecule is Cn1ncc(-c2ccn3c(-c4cccc(NC(=O)NCC(F)(F)F)c4)cnc3c2)c1N. The van der Waals surface area contributed by atoms with Gasteiger partial charge in [0.1, 0.15) is 18.0 Å². The van der Waals surface area contributed by atoms with Crippen LogP contribution >= 0.6 is 0 Å². The van der Waals surface area contributed by atoms with Gasteiger partial charge >= 0.3 is 12.2 Å². The molecule has 3 heterocycles. The number of nitrogen functional groups attached to an aromatic ring is 1. The van der Waals surface area contributed by atoms with Crippen LogP contribution in [0.15, 0.2) is 55.0 Å². The average Bonchev–Trinajstić information content (AvgIpc) is 3.29. The van der Waals surface area contributed by atoms with E-state index in [4.69, 9.17) is 5.73 Å². The molecule has 31 heavy (non-hydrogen) atoms. The summed E-state index contributed by atoms with van der Waals surface area (Å²) in [4.78, 5) is 16.1. The Morgan fingerprint density at radius 3 is 2.68 bits per heavy atom. The van der Waals surface area contributed by atoms with Crippen LogP contribution < -0.4 is 16.4 Å². The van der Waals surface area contributed by atoms with Gasteiger partial charge in [0.15, 0.2) is 0 Å². The molecule has 0 aliphatic carbocycles. The lowest BCUT2D eigenvalue weighted by Gasteiger charge is -2.11. The van der Waals surface area contributed by atoms with E-state index in [-0.39, 0.29) is 0 Å². The number of fused-ring (bicyclic) bond motifs is 1. The van der Waals surface area contributed by atoms with Crippen molar-refractivity contribution in [1.82, 2.24) is 24.5 Å². The zero-order chi connectivity index (χ0) is 22.2. The van der Waals surface area contributed by atoms with Gasteiger partial charge in [-0.25, -0.2) is 9.78 Å². The van der Waals surface area contributed by atoms with E-state index in [0.717, 1.165) is 22.4 Å². The van der Waals surface area contributed by atoms with Crippen molar-refractivity contribution in [2.75, 3.05) is 17.6 Å². The summed E-state index contributed by atoms with van der Waals surface area (Å²) in [6, 6.07) is 9.58. The minimum Gasteiger partial charge on any atom is -0.383 e. The molecule has 0 radical (unpaired) electrons. The van der Waals surface area contributed by atoms with Gasteiger partial charge in [0.05, 0.1) is 18.1 Å². The predicted octanol–water partition coefficient (Wildman–Crippen LogP) is 3.67. The molecule has 0 unspecified atom stereocenters. The highest BCUT2D eigenvalue weighted by Gasteiger charge is 2.27. The molecule has 0 bridgehead atoms. The number of aromatic nitrogens is 4. The second-order valence-corrected chi connectivity index (χ2v) is 6.86. The lowest BCUT2D eigenvalue weighted by molar-refractivity contribution is -0.122. The molecule has 11 heteroatoms. The van der Waals surface area contributed by atoms with E-state index in [9.17, 15) is 18.0 Å². The Morgan fingerprint density at radius 2 is 1.97 bits per heavy atom. The summed E-state index contributed by atoms with van der Waals surface area (Å²) >= 11 is 0. The van der Waals surface area contributed by atoms with Crippen LogP contribution in [0.25, 0.3) is 28.0 Å². The lowest BCUT2D eigenvalue weighted by Crippen LogP contribution is -2.36. The zero-order valence-electron chi connectivity index (χ0n) is 16.3. The molecule has 3 aromatic heterocycles. The van der Waals surface area contributed by atoms with Crippen molar-refractivity contribution >= 4 is 23.2 Å². The molecule has 0 saturated carbocycles. The molecular formula is C20H18F3N7O. The number of aryl methyl sites for hydroxylation is 1. The summed E-state index contributed by atoms with van der Waals surface area (Å²) < 4.78 is 40.2. The number of imidazole rings is 1. The van der Waals surface area contributed by atoms with Gasteiger partial charge in [-0.2, -0.15) is 18.3 Å². The Bertz CT molecular complexity index is 1260. The number of hydrogen-bond donors (Lipinski definition) is 3. The Morgan fingerprint density at radius 1 is 1.16 bits per heavy atom. The monoisotopic (exact) mass is 429 g/mol. The van der Waals surface area contributed by atoms with Gasteiger partial charge in [0, 0.05) is 30.1 Å². The van der Waals surface area contributed by atoms with E-state index in [1.54, 1.807) is 47.6 Å². The molecule has 160 valence electrons. The van der Waals surface area contributed by atoms with Crippen LogP contribution in [-0.2, 0) is 7.05 Å². The van der Waals surface area contributed by atoms with Gasteiger partial charge in [-0.3, -0.25) is 9.08 Å². The largest absolute Gasteiger partial charge is 0.405 e. The van der Waals surface area contributed by atoms with Crippen LogP contribution in [-0.4, -0.2) is 37.9 Å². The van der Waals surface area contributed by atoms with E-state index < -0.39 is 18.8 Å². The van der Waals surface area contributed by atoms with Crippen molar-refractivity contribution in [2.45, 2.75) is 6.18 Å². The highest BCUT2D eigenvalue weighted by atomic mass is 19.4. The van der Waals surface area contributed by atoms with Gasteiger partial charge in [-0.1, -0.05) is 12.1 Å². The standard InChI is InChI=1S/C20H18F3N7O/c1-29-18(24)15(9-27-29)12-5-6-30-16(10-25-17(30)8-12)13-3-2-4-14(7-13)28-19(31)26-11-20(21,22)23/h2-10H,11,24H2,1H3,(H2,26,28,31). The summed E-state index contributed by atoms with van der Waals surface area (Å²) in [5.74, 6) is 0.540. The highest BCUT2D eigenvalue weighted by molar-refractivity contribution is 5.90. The minimum absolute atomic E-state index is 0.354. The van der Waals surface area contributed by atoms with E-state index >= 15 is 0 Å². The number of carbonyl (C=O) groups is 1. The number of benzene rings is 1. The number of carbonyl (C=O) groups excluding carboxylic acids is 1. The maximum absolute atomic E-state index is 12.2. The summed E-state index contributed by atoms with van der Waals surface area (Å²) in [6.07, 6.45) is 0.725. The Kier molecular flexibility index (Phi) is 5.01. The maximum Gasteiger partial charge on any atom is 0.405 e. The number of anilines is 2. The van der Waals surface area contributed by atoms with Crippen LogP contribution in [0.2, 0.25) is 0 Å². The van der Waals surface area contributed by atoms with Gasteiger partial charge in [-0.15, -0.1) is 0 Å². The minimum atomic E-state index is -4.48. The first-order valence-corrected chi connectivity index (χ1v) is 9.18. The van der Waals surface area contributed by atoms with Crippen molar-refractivity contribution in [3.05, 3.63) is 55.0 Å². The number of nitrogens with one attached hydrogen (secondary N) is 2. The van der Waals surface area contributed by atoms with E-state index in [1.807, 2.05) is 28.8 Å². The van der Waals surface area contributed by atoms with Crippen LogP contribution in [0.1, 0.15) is 0 Å². The van der Waals surface area contributed by atoms with Crippen molar-refractivity contribution in [1.29, 1.82) is 0 Å². The number of nitrogens with two attached hydrogens (primary N) is 1. The fourth-order valence-corrected chi connectivity index (χ4v) is 3.14. The fourth-order valence-electron chi connectivity index (χ4n) is 3.14. The number of amides is 2. The summed E-state index contributed by atoms with van der Waals surface area (Å²) in [5.41, 5.74) is 10.2. The molecule has 1 aromatic carbocycles. The number of alkyl halides is 3. The van der Waals surface area contributed by atoms with Crippen LogP contribution in [0, 0.1) is 0 Å². The molecule has 4 N–H and O–H groups in total. The van der Waals surface area contributed by atoms with Crippen LogP contribution in [0.4, 0.5) is 29.5 Å². The van der Waals surface area contributed by atoms with Gasteiger partial charge in [0.2, 0.25) is 0 Å². The quantitative estimate of drug-likeness (QED) is 0.461. The number of nitrogens with zero attached hydrogens (tertiary/aromatic N) is 4. The lowest BCUT2D eigenvalue weighted by atomic mass is 10.1. The molecule has 0 aliphatic heterocycles. The normalized spacial score (nSPS) is 11.6. The Balaban J connectivity index is 1.58. The number of pyridine rings is 1. The molecule has 0 atom stereocenters. The first-order valence-electron chi connectivity index (χ1n) is 9.18. The third kappa shape index (κ3) is 4.29. The summed E-state index contributed by atoms with van der Waals surface area (Å²) in [7, 11) is 1.76. The number of hydrogen-bond acceptors (Lipinski definition) is 4. The number of urea groups is 1. The van der Waals surface area contributed by atoms with E-state index in [0.29, 0.717) is 17.2 Å². The molecule has 4 rings (SSSR count). The topological polar surface area (TPSA) is 102 Å². The Labute approximate surface area is 174 Å². The van der Waals surface area contributed by atoms with Crippen LogP contribution in [0.3, 0.4) is 0 Å². The van der Waals surface area contributed by atoms with Gasteiger partial charge < -0.3 is 16.4 Å². The van der Waals surface area contributed by atoms with E-state index in [1.165, 1.54) is 0 Å². The smallest absolute Gasteiger partial charge is 0.383 e. The first-order chi connectivity index (χ1) is 14.7. The summed E-state index contributed by atoms with van der Waals surface area (Å²) in [6.45, 7) is -1.41. The molecule has 0 aliphatic rings. The summed E-state index contributed by atoms with van der Waals surface area (Å²) in [5, 5.41) is 8.32. The number of halogens is 3. The third-order valence-corrected chi connectivity index (χ3v) is 4.67. The molecule has 2 amide bonds. The molecule has 0 fully saturated rings. The molecule has 0 saturated heterocycles. The molecular weight excluding hydrogens is 411 g/mol. The van der Waals surface area contributed by atoms with Crippen molar-refractivity contribution < 1.29 is 18.0 Å². The third-order valence-electron chi connectivity index (χ3n) is 4.67. The molecule has 4 aromatic rings. The zero-order valence-corrected chi connectivity index (χ0v) is 16.3. The fraction of sp³-hybridized carbons (Fsp3) is 0.150.